The van der Waals surface area contributed by atoms with E-state index >= 15 is 0 Å². The average Bonchev–Trinajstić information content (AvgIpc) is 2.91. The molecule has 0 aromatic heterocycles. The zero-order valence-electron chi connectivity index (χ0n) is 13.9. The van der Waals surface area contributed by atoms with Gasteiger partial charge in [-0.2, -0.15) is 0 Å². The number of hydrogen-bond acceptors (Lipinski definition) is 8. The SMILES string of the molecule is CCOC(=O)CC(=O)/C=C/N1C[C@H](OCOC)[C@@H](OCOC)C1. The van der Waals surface area contributed by atoms with Crippen molar-refractivity contribution < 1.29 is 33.3 Å². The van der Waals surface area contributed by atoms with Crippen LogP contribution in [0.2, 0.25) is 0 Å². The molecule has 0 radical (unpaired) electrons. The number of carbonyl (C=O) groups excluding carboxylic acids is 2. The van der Waals surface area contributed by atoms with Gasteiger partial charge in [-0.15, -0.1) is 0 Å². The Morgan fingerprint density at radius 3 is 2.13 bits per heavy atom. The average molecular weight is 331 g/mol. The Morgan fingerprint density at radius 1 is 1.09 bits per heavy atom. The van der Waals surface area contributed by atoms with E-state index < -0.39 is 5.97 Å². The minimum atomic E-state index is -0.522. The molecule has 132 valence electrons. The molecule has 1 saturated heterocycles. The summed E-state index contributed by atoms with van der Waals surface area (Å²) in [6.07, 6.45) is 2.37. The summed E-state index contributed by atoms with van der Waals surface area (Å²) in [5.74, 6) is -0.828. The Labute approximate surface area is 136 Å². The van der Waals surface area contributed by atoms with Gasteiger partial charge in [0.05, 0.1) is 6.61 Å². The van der Waals surface area contributed by atoms with Crippen molar-refractivity contribution in [3.63, 3.8) is 0 Å². The highest BCUT2D eigenvalue weighted by molar-refractivity contribution is 6.01. The monoisotopic (exact) mass is 331 g/mol. The quantitative estimate of drug-likeness (QED) is 0.232. The largest absolute Gasteiger partial charge is 0.466 e. The second kappa shape index (κ2) is 11.1. The molecule has 1 fully saturated rings. The fraction of sp³-hybridized carbons (Fsp3) is 0.733. The summed E-state index contributed by atoms with van der Waals surface area (Å²) in [7, 11) is 3.09. The van der Waals surface area contributed by atoms with Crippen LogP contribution in [0.4, 0.5) is 0 Å². The van der Waals surface area contributed by atoms with E-state index in [1.807, 2.05) is 4.90 Å². The fourth-order valence-corrected chi connectivity index (χ4v) is 2.13. The Morgan fingerprint density at radius 2 is 1.65 bits per heavy atom. The van der Waals surface area contributed by atoms with Crippen molar-refractivity contribution in [2.24, 2.45) is 0 Å². The summed E-state index contributed by atoms with van der Waals surface area (Å²) < 4.78 is 25.7. The Hall–Kier alpha value is -1.48. The first-order valence-corrected chi connectivity index (χ1v) is 7.42. The van der Waals surface area contributed by atoms with Crippen molar-refractivity contribution in [3.8, 4) is 0 Å². The molecule has 0 aromatic carbocycles. The Bertz CT molecular complexity index is 383. The van der Waals surface area contributed by atoms with Crippen molar-refractivity contribution in [3.05, 3.63) is 12.3 Å². The summed E-state index contributed by atoms with van der Waals surface area (Å²) in [5.41, 5.74) is 0. The van der Waals surface area contributed by atoms with Crippen molar-refractivity contribution >= 4 is 11.8 Å². The standard InChI is InChI=1S/C15H25NO7/c1-4-21-15(18)7-12(17)5-6-16-8-13(22-10-19-2)14(9-16)23-11-20-3/h5-6,13-14H,4,7-11H2,1-3H3/b6-5+/t13-,14-/m0/s1. The number of likely N-dealkylation sites (tertiary alicyclic amines) is 1. The summed E-state index contributed by atoms with van der Waals surface area (Å²) >= 11 is 0. The lowest BCUT2D eigenvalue weighted by Crippen LogP contribution is -2.31. The lowest BCUT2D eigenvalue weighted by Gasteiger charge is -2.18. The summed E-state index contributed by atoms with van der Waals surface area (Å²) in [4.78, 5) is 24.8. The van der Waals surface area contributed by atoms with E-state index in [4.69, 9.17) is 23.7 Å². The van der Waals surface area contributed by atoms with E-state index in [0.29, 0.717) is 13.1 Å². The van der Waals surface area contributed by atoms with E-state index in [1.165, 1.54) is 6.08 Å². The highest BCUT2D eigenvalue weighted by Gasteiger charge is 2.33. The molecule has 1 heterocycles. The molecular formula is C15H25NO7. The normalized spacial score (nSPS) is 21.1. The predicted octanol–water partition coefficient (Wildman–Crippen LogP) is 0.316. The van der Waals surface area contributed by atoms with Gasteiger partial charge in [-0.3, -0.25) is 9.59 Å². The first kappa shape index (κ1) is 19.6. The molecule has 8 heteroatoms. The van der Waals surface area contributed by atoms with Gasteiger partial charge in [0.2, 0.25) is 0 Å². The van der Waals surface area contributed by atoms with Gasteiger partial charge in [-0.05, 0) is 13.0 Å². The van der Waals surface area contributed by atoms with Crippen LogP contribution < -0.4 is 0 Å². The van der Waals surface area contributed by atoms with Gasteiger partial charge < -0.3 is 28.6 Å². The van der Waals surface area contributed by atoms with Crippen LogP contribution in [0.25, 0.3) is 0 Å². The molecule has 0 saturated carbocycles. The van der Waals surface area contributed by atoms with E-state index in [9.17, 15) is 9.59 Å². The van der Waals surface area contributed by atoms with Crippen LogP contribution in [-0.4, -0.2) is 76.4 Å². The van der Waals surface area contributed by atoms with E-state index in [0.717, 1.165) is 0 Å². The smallest absolute Gasteiger partial charge is 0.313 e. The molecule has 0 N–H and O–H groups in total. The lowest BCUT2D eigenvalue weighted by molar-refractivity contribution is -0.144. The molecule has 0 unspecified atom stereocenters. The highest BCUT2D eigenvalue weighted by Crippen LogP contribution is 2.17. The van der Waals surface area contributed by atoms with E-state index in [1.54, 1.807) is 27.3 Å². The van der Waals surface area contributed by atoms with Gasteiger partial charge in [0.15, 0.2) is 5.78 Å². The minimum absolute atomic E-state index is 0.164. The number of rotatable bonds is 11. The molecular weight excluding hydrogens is 306 g/mol. The van der Waals surface area contributed by atoms with Crippen LogP contribution in [-0.2, 0) is 33.3 Å². The summed E-state index contributed by atoms with van der Waals surface area (Å²) in [6, 6.07) is 0. The molecule has 0 aromatic rings. The summed E-state index contributed by atoms with van der Waals surface area (Å²) in [6.45, 7) is 3.40. The third kappa shape index (κ3) is 7.56. The second-order valence-electron chi connectivity index (χ2n) is 4.94. The van der Waals surface area contributed by atoms with Crippen LogP contribution in [0, 0.1) is 0 Å². The number of allylic oxidation sites excluding steroid dienone is 1. The van der Waals surface area contributed by atoms with Crippen molar-refractivity contribution in [2.75, 3.05) is 47.5 Å². The molecule has 1 rings (SSSR count). The maximum Gasteiger partial charge on any atom is 0.313 e. The molecule has 0 spiro atoms. The fourth-order valence-electron chi connectivity index (χ4n) is 2.13. The molecule has 0 bridgehead atoms. The number of hydrogen-bond donors (Lipinski definition) is 0. The van der Waals surface area contributed by atoms with Crippen molar-refractivity contribution in [1.82, 2.24) is 4.90 Å². The zero-order chi connectivity index (χ0) is 17.1. The third-order valence-corrected chi connectivity index (χ3v) is 3.14. The number of esters is 1. The van der Waals surface area contributed by atoms with Gasteiger partial charge in [0, 0.05) is 33.5 Å². The molecule has 2 atom stereocenters. The van der Waals surface area contributed by atoms with Crippen molar-refractivity contribution in [1.29, 1.82) is 0 Å². The maximum atomic E-state index is 11.7. The number of nitrogens with zero attached hydrogens (tertiary/aromatic N) is 1. The van der Waals surface area contributed by atoms with Crippen LogP contribution in [0.15, 0.2) is 12.3 Å². The minimum Gasteiger partial charge on any atom is -0.466 e. The van der Waals surface area contributed by atoms with Crippen LogP contribution in [0.1, 0.15) is 13.3 Å². The van der Waals surface area contributed by atoms with Crippen LogP contribution in [0.5, 0.6) is 0 Å². The topological polar surface area (TPSA) is 83.5 Å². The third-order valence-electron chi connectivity index (χ3n) is 3.14. The van der Waals surface area contributed by atoms with Gasteiger partial charge in [0.1, 0.15) is 32.2 Å². The lowest BCUT2D eigenvalue weighted by atomic mass is 10.2. The van der Waals surface area contributed by atoms with Gasteiger partial charge in [-0.1, -0.05) is 0 Å². The molecule has 23 heavy (non-hydrogen) atoms. The Balaban J connectivity index is 2.48. The van der Waals surface area contributed by atoms with Crippen molar-refractivity contribution in [2.45, 2.75) is 25.6 Å². The van der Waals surface area contributed by atoms with Crippen LogP contribution in [0.3, 0.4) is 0 Å². The molecule has 0 amide bonds. The van der Waals surface area contributed by atoms with E-state index in [2.05, 4.69) is 0 Å². The first-order valence-electron chi connectivity index (χ1n) is 7.42. The number of methoxy groups -OCH3 is 2. The number of ether oxygens (including phenoxy) is 5. The molecule has 1 aliphatic heterocycles. The predicted molar refractivity (Wildman–Crippen MR) is 80.5 cm³/mol. The summed E-state index contributed by atoms with van der Waals surface area (Å²) in [5, 5.41) is 0. The maximum absolute atomic E-state index is 11.7. The van der Waals surface area contributed by atoms with Gasteiger partial charge in [-0.25, -0.2) is 0 Å². The Kier molecular flexibility index (Phi) is 9.46. The number of carbonyl (C=O) groups is 2. The zero-order valence-corrected chi connectivity index (χ0v) is 13.9. The number of ketones is 1. The second-order valence-corrected chi connectivity index (χ2v) is 4.94. The molecule has 1 aliphatic rings. The highest BCUT2D eigenvalue weighted by atomic mass is 16.7. The first-order chi connectivity index (χ1) is 11.1. The van der Waals surface area contributed by atoms with Gasteiger partial charge >= 0.3 is 5.97 Å². The molecule has 8 nitrogen and oxygen atoms in total. The van der Waals surface area contributed by atoms with Gasteiger partial charge in [0.25, 0.3) is 0 Å². The van der Waals surface area contributed by atoms with Crippen LogP contribution >= 0.6 is 0 Å². The molecule has 0 aliphatic carbocycles. The van der Waals surface area contributed by atoms with E-state index in [-0.39, 0.29) is 44.6 Å².